The Balaban J connectivity index is 2.31. The summed E-state index contributed by atoms with van der Waals surface area (Å²) in [5.74, 6) is 0.558. The fourth-order valence-corrected chi connectivity index (χ4v) is 2.71. The molecule has 0 fully saturated rings. The highest BCUT2D eigenvalue weighted by Crippen LogP contribution is 2.20. The maximum absolute atomic E-state index is 11.9. The lowest BCUT2D eigenvalue weighted by atomic mass is 10.0. The molecule has 1 N–H and O–H groups in total. The second-order valence-electron chi connectivity index (χ2n) is 4.86. The van der Waals surface area contributed by atoms with Gasteiger partial charge in [-0.25, -0.2) is 4.98 Å². The smallest absolute Gasteiger partial charge is 0.275 e. The van der Waals surface area contributed by atoms with Gasteiger partial charge in [0, 0.05) is 17.8 Å². The zero-order valence-electron chi connectivity index (χ0n) is 11.8. The third-order valence-electron chi connectivity index (χ3n) is 3.51. The second kappa shape index (κ2) is 5.69. The molecule has 0 saturated carbocycles. The highest BCUT2D eigenvalue weighted by Gasteiger charge is 2.13. The molecule has 2 aromatic heterocycles. The first-order valence-corrected chi connectivity index (χ1v) is 7.53. The van der Waals surface area contributed by atoms with E-state index in [2.05, 4.69) is 36.2 Å². The van der Waals surface area contributed by atoms with E-state index in [1.807, 2.05) is 6.92 Å². The summed E-state index contributed by atoms with van der Waals surface area (Å²) in [5, 5.41) is 8.40. The summed E-state index contributed by atoms with van der Waals surface area (Å²) >= 11 is 1.43. The van der Waals surface area contributed by atoms with E-state index in [4.69, 9.17) is 0 Å². The average Bonchev–Trinajstić information content (AvgIpc) is 2.80. The van der Waals surface area contributed by atoms with Crippen LogP contribution in [0.4, 0.5) is 5.13 Å². The topological polar surface area (TPSA) is 59.3 Å². The minimum atomic E-state index is -0.109. The molecule has 104 valence electrons. The molecule has 0 amide bonds. The normalized spacial score (nSPS) is 14.5. The van der Waals surface area contributed by atoms with Gasteiger partial charge in [0.15, 0.2) is 0 Å². The number of anilines is 1. The van der Waals surface area contributed by atoms with Crippen LogP contribution in [0, 0.1) is 5.92 Å². The minimum Gasteiger partial charge on any atom is -0.357 e. The Kier molecular flexibility index (Phi) is 4.19. The molecule has 2 rings (SSSR count). The second-order valence-corrected chi connectivity index (χ2v) is 5.82. The van der Waals surface area contributed by atoms with Crippen molar-refractivity contribution in [2.45, 2.75) is 46.6 Å². The summed E-state index contributed by atoms with van der Waals surface area (Å²) in [5.41, 5.74) is 0.706. The Morgan fingerprint density at radius 1 is 1.42 bits per heavy atom. The number of fused-ring (bicyclic) bond motifs is 1. The van der Waals surface area contributed by atoms with Gasteiger partial charge in [-0.3, -0.25) is 4.79 Å². The van der Waals surface area contributed by atoms with Crippen molar-refractivity contribution in [1.29, 1.82) is 0 Å². The van der Waals surface area contributed by atoms with E-state index < -0.39 is 0 Å². The molecule has 0 spiro atoms. The molecule has 0 aromatic carbocycles. The van der Waals surface area contributed by atoms with Crippen LogP contribution < -0.4 is 10.9 Å². The molecule has 0 unspecified atom stereocenters. The molecule has 0 aliphatic heterocycles. The van der Waals surface area contributed by atoms with Crippen LogP contribution >= 0.6 is 11.3 Å². The first-order valence-electron chi connectivity index (χ1n) is 6.71. The van der Waals surface area contributed by atoms with Crippen LogP contribution in [0.2, 0.25) is 0 Å². The summed E-state index contributed by atoms with van der Waals surface area (Å²) in [4.78, 5) is 17.0. The molecule has 2 atom stereocenters. The standard InChI is InChI=1S/C13H20N4OS/c1-5-8(3)9(4)14-12-16-17-11(18)7-10(6-2)15-13(17)19-12/h7-9H,5-6H2,1-4H3,(H,14,16)/t8-,9-/m1/s1. The molecule has 0 aliphatic rings. The van der Waals surface area contributed by atoms with Crippen molar-refractivity contribution in [2.75, 3.05) is 5.32 Å². The summed E-state index contributed by atoms with van der Waals surface area (Å²) in [6.07, 6.45) is 1.87. The highest BCUT2D eigenvalue weighted by atomic mass is 32.1. The van der Waals surface area contributed by atoms with Crippen LogP contribution in [0.5, 0.6) is 0 Å². The van der Waals surface area contributed by atoms with Crippen LogP contribution in [0.15, 0.2) is 10.9 Å². The SMILES string of the molecule is CCc1cc(=O)n2nc(N[C@H](C)[C@H](C)CC)sc2n1. The minimum absolute atomic E-state index is 0.109. The number of aryl methyl sites for hydroxylation is 1. The van der Waals surface area contributed by atoms with E-state index in [1.165, 1.54) is 15.9 Å². The first-order chi connectivity index (χ1) is 9.05. The van der Waals surface area contributed by atoms with E-state index in [0.29, 0.717) is 16.9 Å². The average molecular weight is 280 g/mol. The van der Waals surface area contributed by atoms with Crippen LogP contribution in [0.3, 0.4) is 0 Å². The van der Waals surface area contributed by atoms with Gasteiger partial charge in [-0.2, -0.15) is 4.52 Å². The summed E-state index contributed by atoms with van der Waals surface area (Å²) < 4.78 is 1.37. The number of hydrogen-bond acceptors (Lipinski definition) is 5. The molecule has 2 aromatic rings. The van der Waals surface area contributed by atoms with Crippen molar-refractivity contribution >= 4 is 21.4 Å². The van der Waals surface area contributed by atoms with Crippen LogP contribution in [0.25, 0.3) is 4.96 Å². The zero-order valence-corrected chi connectivity index (χ0v) is 12.6. The van der Waals surface area contributed by atoms with Crippen molar-refractivity contribution in [1.82, 2.24) is 14.6 Å². The Morgan fingerprint density at radius 2 is 2.16 bits per heavy atom. The maximum atomic E-state index is 11.9. The molecule has 0 radical (unpaired) electrons. The van der Waals surface area contributed by atoms with E-state index in [1.54, 1.807) is 6.07 Å². The van der Waals surface area contributed by atoms with Gasteiger partial charge in [0.2, 0.25) is 10.1 Å². The fraction of sp³-hybridized carbons (Fsp3) is 0.615. The van der Waals surface area contributed by atoms with E-state index >= 15 is 0 Å². The molecule has 2 heterocycles. The van der Waals surface area contributed by atoms with Crippen LogP contribution in [-0.4, -0.2) is 20.6 Å². The number of hydrogen-bond donors (Lipinski definition) is 1. The lowest BCUT2D eigenvalue weighted by Gasteiger charge is -2.18. The molecular formula is C13H20N4OS. The zero-order chi connectivity index (χ0) is 14.0. The third-order valence-corrected chi connectivity index (χ3v) is 4.35. The van der Waals surface area contributed by atoms with Gasteiger partial charge in [-0.05, 0) is 19.3 Å². The number of rotatable bonds is 5. The predicted octanol–water partition coefficient (Wildman–Crippen LogP) is 2.56. The van der Waals surface area contributed by atoms with Crippen molar-refractivity contribution in [3.8, 4) is 0 Å². The van der Waals surface area contributed by atoms with E-state index in [9.17, 15) is 4.79 Å². The lowest BCUT2D eigenvalue weighted by Crippen LogP contribution is -2.23. The fourth-order valence-electron chi connectivity index (χ4n) is 1.79. The summed E-state index contributed by atoms with van der Waals surface area (Å²) in [6.45, 7) is 8.49. The quantitative estimate of drug-likeness (QED) is 0.914. The first kappa shape index (κ1) is 14.0. The summed E-state index contributed by atoms with van der Waals surface area (Å²) in [7, 11) is 0. The Labute approximate surface area is 116 Å². The monoisotopic (exact) mass is 280 g/mol. The molecule has 19 heavy (non-hydrogen) atoms. The molecular weight excluding hydrogens is 260 g/mol. The lowest BCUT2D eigenvalue weighted by molar-refractivity contribution is 0.494. The van der Waals surface area contributed by atoms with Crippen LogP contribution in [-0.2, 0) is 6.42 Å². The molecule has 0 saturated heterocycles. The van der Waals surface area contributed by atoms with Crippen molar-refractivity contribution in [3.63, 3.8) is 0 Å². The van der Waals surface area contributed by atoms with Gasteiger partial charge in [-0.1, -0.05) is 38.5 Å². The number of nitrogens with one attached hydrogen (secondary N) is 1. The third kappa shape index (κ3) is 2.94. The molecule has 0 bridgehead atoms. The van der Waals surface area contributed by atoms with Crippen molar-refractivity contribution in [2.24, 2.45) is 5.92 Å². The summed E-state index contributed by atoms with van der Waals surface area (Å²) in [6, 6.07) is 1.88. The predicted molar refractivity (Wildman–Crippen MR) is 79.1 cm³/mol. The number of aromatic nitrogens is 3. The highest BCUT2D eigenvalue weighted by molar-refractivity contribution is 7.20. The molecule has 5 nitrogen and oxygen atoms in total. The van der Waals surface area contributed by atoms with E-state index in [0.717, 1.165) is 23.7 Å². The Bertz CT molecular complexity index is 619. The number of nitrogens with zero attached hydrogens (tertiary/aromatic N) is 3. The van der Waals surface area contributed by atoms with Gasteiger partial charge < -0.3 is 5.32 Å². The van der Waals surface area contributed by atoms with Gasteiger partial charge >= 0.3 is 0 Å². The largest absolute Gasteiger partial charge is 0.357 e. The van der Waals surface area contributed by atoms with Gasteiger partial charge in [0.1, 0.15) is 0 Å². The van der Waals surface area contributed by atoms with Crippen molar-refractivity contribution < 1.29 is 0 Å². The van der Waals surface area contributed by atoms with Crippen LogP contribution in [0.1, 0.15) is 39.8 Å². The van der Waals surface area contributed by atoms with Gasteiger partial charge in [-0.15, -0.1) is 5.10 Å². The maximum Gasteiger partial charge on any atom is 0.275 e. The Hall–Kier alpha value is -1.43. The van der Waals surface area contributed by atoms with Crippen molar-refractivity contribution in [3.05, 3.63) is 22.1 Å². The molecule has 6 heteroatoms. The van der Waals surface area contributed by atoms with E-state index in [-0.39, 0.29) is 5.56 Å². The van der Waals surface area contributed by atoms with Gasteiger partial charge in [0.05, 0.1) is 0 Å². The molecule has 0 aliphatic carbocycles. The Morgan fingerprint density at radius 3 is 2.79 bits per heavy atom. The van der Waals surface area contributed by atoms with Gasteiger partial charge in [0.25, 0.3) is 5.56 Å².